The lowest BCUT2D eigenvalue weighted by Gasteiger charge is -2.39. The Balaban J connectivity index is 2.36. The normalized spacial score (nSPS) is 27.0. The summed E-state index contributed by atoms with van der Waals surface area (Å²) in [7, 11) is -1.79. The Bertz CT molecular complexity index is 626. The predicted octanol–water partition coefficient (Wildman–Crippen LogP) is 2.66. The molecule has 1 aromatic rings. The van der Waals surface area contributed by atoms with Crippen molar-refractivity contribution in [3.05, 3.63) is 11.4 Å². The summed E-state index contributed by atoms with van der Waals surface area (Å²) in [5.41, 5.74) is 0.843. The quantitative estimate of drug-likeness (QED) is 0.820. The highest BCUT2D eigenvalue weighted by atomic mass is 79.9. The highest BCUT2D eigenvalue weighted by Gasteiger charge is 2.39. The van der Waals surface area contributed by atoms with Crippen molar-refractivity contribution < 1.29 is 8.42 Å². The second-order valence-corrected chi connectivity index (χ2v) is 8.52. The number of alkyl halides is 1. The van der Waals surface area contributed by atoms with Crippen molar-refractivity contribution in [2.75, 3.05) is 5.33 Å². The molecule has 5 nitrogen and oxygen atoms in total. The summed E-state index contributed by atoms with van der Waals surface area (Å²) in [5.74, 6) is 0.537. The van der Waals surface area contributed by atoms with Gasteiger partial charge in [-0.15, -0.1) is 0 Å². The molecule has 0 amide bonds. The summed E-state index contributed by atoms with van der Waals surface area (Å²) in [6.07, 6.45) is 3.97. The number of nitrogens with one attached hydrogen (secondary N) is 1. The number of aromatic nitrogens is 2. The van der Waals surface area contributed by atoms with Gasteiger partial charge in [0.25, 0.3) is 0 Å². The summed E-state index contributed by atoms with van der Waals surface area (Å²) in [5, 5.41) is 4.86. The second kappa shape index (κ2) is 6.01. The van der Waals surface area contributed by atoms with Gasteiger partial charge in [0.2, 0.25) is 10.0 Å². The molecule has 120 valence electrons. The SMILES string of the molecule is Cc1nn(C)c(C)c1S(=O)(=O)NC1(CBr)CCCC(C)C1. The molecule has 21 heavy (non-hydrogen) atoms. The van der Waals surface area contributed by atoms with Crippen LogP contribution in [0.3, 0.4) is 0 Å². The van der Waals surface area contributed by atoms with Gasteiger partial charge in [0.05, 0.1) is 11.4 Å². The molecule has 0 spiro atoms. The molecule has 1 aliphatic carbocycles. The minimum absolute atomic E-state index is 0.323. The first kappa shape index (κ1) is 17.0. The first-order valence-corrected chi connectivity index (χ1v) is 9.91. The molecule has 7 heteroatoms. The van der Waals surface area contributed by atoms with Gasteiger partial charge in [-0.25, -0.2) is 13.1 Å². The molecule has 2 unspecified atom stereocenters. The molecule has 1 heterocycles. The van der Waals surface area contributed by atoms with E-state index in [1.165, 1.54) is 6.42 Å². The van der Waals surface area contributed by atoms with Gasteiger partial charge in [-0.2, -0.15) is 5.10 Å². The van der Waals surface area contributed by atoms with Gasteiger partial charge >= 0.3 is 0 Å². The van der Waals surface area contributed by atoms with Crippen LogP contribution in [0.4, 0.5) is 0 Å². The first-order valence-electron chi connectivity index (χ1n) is 7.31. The Kier molecular flexibility index (Phi) is 4.85. The highest BCUT2D eigenvalue weighted by molar-refractivity contribution is 9.09. The third kappa shape index (κ3) is 3.35. The van der Waals surface area contributed by atoms with Crippen molar-refractivity contribution in [3.63, 3.8) is 0 Å². The number of halogens is 1. The highest BCUT2D eigenvalue weighted by Crippen LogP contribution is 2.35. The molecule has 0 radical (unpaired) electrons. The summed E-state index contributed by atoms with van der Waals surface area (Å²) in [4.78, 5) is 0.323. The van der Waals surface area contributed by atoms with Gasteiger partial charge < -0.3 is 0 Å². The van der Waals surface area contributed by atoms with Crippen LogP contribution >= 0.6 is 15.9 Å². The average Bonchev–Trinajstić information content (AvgIpc) is 2.63. The molecule has 2 rings (SSSR count). The van der Waals surface area contributed by atoms with E-state index in [0.29, 0.717) is 27.5 Å². The van der Waals surface area contributed by atoms with Crippen LogP contribution in [-0.4, -0.2) is 29.1 Å². The average molecular weight is 378 g/mol. The Morgan fingerprint density at radius 2 is 2.14 bits per heavy atom. The predicted molar refractivity (Wildman–Crippen MR) is 87.2 cm³/mol. The number of sulfonamides is 1. The van der Waals surface area contributed by atoms with E-state index in [0.717, 1.165) is 19.3 Å². The zero-order valence-corrected chi connectivity index (χ0v) is 15.5. The van der Waals surface area contributed by atoms with Gasteiger partial charge in [0.15, 0.2) is 0 Å². The van der Waals surface area contributed by atoms with E-state index in [4.69, 9.17) is 0 Å². The molecule has 0 bridgehead atoms. The van der Waals surface area contributed by atoms with Crippen molar-refractivity contribution in [2.24, 2.45) is 13.0 Å². The third-order valence-electron chi connectivity index (χ3n) is 4.41. The number of rotatable bonds is 4. The standard InChI is InChI=1S/C14H24BrN3O2S/c1-10-6-5-7-14(8-10,9-15)17-21(19,20)13-11(2)16-18(4)12(13)3/h10,17H,5-9H2,1-4H3. The fraction of sp³-hybridized carbons (Fsp3) is 0.786. The summed E-state index contributed by atoms with van der Waals surface area (Å²) in [6, 6.07) is 0. The number of aryl methyl sites for hydroxylation is 2. The maximum absolute atomic E-state index is 12.8. The zero-order chi connectivity index (χ0) is 15.8. The van der Waals surface area contributed by atoms with Gasteiger partial charge in [0, 0.05) is 17.9 Å². The van der Waals surface area contributed by atoms with Gasteiger partial charge in [0.1, 0.15) is 4.90 Å². The number of nitrogens with zero attached hydrogens (tertiary/aromatic N) is 2. The van der Waals surface area contributed by atoms with E-state index in [2.05, 4.69) is 32.7 Å². The van der Waals surface area contributed by atoms with Gasteiger partial charge in [-0.05, 0) is 32.6 Å². The van der Waals surface area contributed by atoms with Crippen LogP contribution in [-0.2, 0) is 17.1 Å². The maximum Gasteiger partial charge on any atom is 0.244 e. The summed E-state index contributed by atoms with van der Waals surface area (Å²) >= 11 is 3.52. The molecule has 1 aliphatic rings. The lowest BCUT2D eigenvalue weighted by molar-refractivity contribution is 0.241. The van der Waals surface area contributed by atoms with E-state index < -0.39 is 10.0 Å². The lowest BCUT2D eigenvalue weighted by Crippen LogP contribution is -2.52. The Labute approximate surface area is 135 Å². The molecule has 1 fully saturated rings. The van der Waals surface area contributed by atoms with Crippen molar-refractivity contribution >= 4 is 26.0 Å². The molecule has 1 aromatic heterocycles. The number of hydrogen-bond acceptors (Lipinski definition) is 3. The lowest BCUT2D eigenvalue weighted by atomic mass is 9.78. The smallest absolute Gasteiger partial charge is 0.244 e. The topological polar surface area (TPSA) is 64.0 Å². The first-order chi connectivity index (χ1) is 9.71. The Morgan fingerprint density at radius 1 is 1.48 bits per heavy atom. The molecular formula is C14H24BrN3O2S. The molecule has 2 atom stereocenters. The van der Waals surface area contributed by atoms with Crippen LogP contribution < -0.4 is 4.72 Å². The van der Waals surface area contributed by atoms with Gasteiger partial charge in [-0.1, -0.05) is 35.7 Å². The largest absolute Gasteiger partial charge is 0.271 e. The Morgan fingerprint density at radius 3 is 2.62 bits per heavy atom. The van der Waals surface area contributed by atoms with Crippen LogP contribution in [0.1, 0.15) is 44.0 Å². The molecule has 1 saturated carbocycles. The van der Waals surface area contributed by atoms with Crippen molar-refractivity contribution in [1.29, 1.82) is 0 Å². The van der Waals surface area contributed by atoms with Crippen LogP contribution in [0, 0.1) is 19.8 Å². The third-order valence-corrected chi connectivity index (χ3v) is 7.31. The van der Waals surface area contributed by atoms with Crippen LogP contribution in [0.25, 0.3) is 0 Å². The second-order valence-electron chi connectivity index (χ2n) is 6.34. The van der Waals surface area contributed by atoms with E-state index >= 15 is 0 Å². The van der Waals surface area contributed by atoms with Crippen LogP contribution in [0.15, 0.2) is 4.90 Å². The molecule has 0 saturated heterocycles. The summed E-state index contributed by atoms with van der Waals surface area (Å²) < 4.78 is 30.3. The summed E-state index contributed by atoms with van der Waals surface area (Å²) in [6.45, 7) is 5.72. The minimum atomic E-state index is -3.56. The molecular weight excluding hydrogens is 354 g/mol. The molecule has 1 N–H and O–H groups in total. The molecule has 0 aliphatic heterocycles. The monoisotopic (exact) mass is 377 g/mol. The maximum atomic E-state index is 12.8. The molecule has 0 aromatic carbocycles. The zero-order valence-electron chi connectivity index (χ0n) is 13.1. The van der Waals surface area contributed by atoms with E-state index in [1.807, 2.05) is 0 Å². The fourth-order valence-electron chi connectivity index (χ4n) is 3.38. The van der Waals surface area contributed by atoms with Crippen molar-refractivity contribution in [2.45, 2.75) is 56.9 Å². The van der Waals surface area contributed by atoms with Crippen molar-refractivity contribution in [1.82, 2.24) is 14.5 Å². The van der Waals surface area contributed by atoms with E-state index in [9.17, 15) is 8.42 Å². The van der Waals surface area contributed by atoms with Crippen LogP contribution in [0.5, 0.6) is 0 Å². The number of hydrogen-bond donors (Lipinski definition) is 1. The van der Waals surface area contributed by atoms with Gasteiger partial charge in [-0.3, -0.25) is 4.68 Å². The minimum Gasteiger partial charge on any atom is -0.271 e. The van der Waals surface area contributed by atoms with E-state index in [-0.39, 0.29) is 5.54 Å². The van der Waals surface area contributed by atoms with Crippen LogP contribution in [0.2, 0.25) is 0 Å². The van der Waals surface area contributed by atoms with E-state index in [1.54, 1.807) is 25.6 Å². The Hall–Kier alpha value is -0.400. The van der Waals surface area contributed by atoms with Crippen molar-refractivity contribution in [3.8, 4) is 0 Å². The fourth-order valence-corrected chi connectivity index (χ4v) is 6.10.